The summed E-state index contributed by atoms with van der Waals surface area (Å²) < 4.78 is 6.74. The van der Waals surface area contributed by atoms with E-state index in [1.807, 2.05) is 6.07 Å². The molecule has 4 unspecified atom stereocenters. The summed E-state index contributed by atoms with van der Waals surface area (Å²) in [5, 5.41) is 3.29. The Balaban J connectivity index is 1.43. The maximum Gasteiger partial charge on any atom is 0.263 e. The molecule has 0 aromatic carbocycles. The summed E-state index contributed by atoms with van der Waals surface area (Å²) in [5.41, 5.74) is 4.59. The SMILES string of the molecule is CC(C)(Oc1ccc(Br)cn1)C(=O)NC1C2CC3C[C@H]1CC(CC(N)=O)(C3)C2. The number of aromatic nitrogens is 1. The zero-order valence-corrected chi connectivity index (χ0v) is 18.0. The molecule has 3 N–H and O–H groups in total. The van der Waals surface area contributed by atoms with Crippen LogP contribution in [0.2, 0.25) is 0 Å². The molecule has 1 heterocycles. The Kier molecular flexibility index (Phi) is 4.92. The highest BCUT2D eigenvalue weighted by Gasteiger charge is 2.56. The maximum absolute atomic E-state index is 13.0. The summed E-state index contributed by atoms with van der Waals surface area (Å²) >= 11 is 3.35. The first-order chi connectivity index (χ1) is 13.2. The number of hydrogen-bond donors (Lipinski definition) is 2. The molecule has 5 rings (SSSR count). The summed E-state index contributed by atoms with van der Waals surface area (Å²) in [6.07, 6.45) is 7.51. The third kappa shape index (κ3) is 3.78. The molecule has 152 valence electrons. The van der Waals surface area contributed by atoms with Gasteiger partial charge in [0.1, 0.15) is 0 Å². The molecule has 4 fully saturated rings. The fourth-order valence-electron chi connectivity index (χ4n) is 6.07. The average molecular weight is 450 g/mol. The molecule has 0 aliphatic heterocycles. The molecule has 7 heteroatoms. The van der Waals surface area contributed by atoms with Gasteiger partial charge in [0.05, 0.1) is 0 Å². The van der Waals surface area contributed by atoms with Crippen molar-refractivity contribution in [2.45, 2.75) is 64.0 Å². The zero-order chi connectivity index (χ0) is 20.1. The van der Waals surface area contributed by atoms with E-state index in [0.717, 1.165) is 36.6 Å². The Morgan fingerprint density at radius 3 is 2.54 bits per heavy atom. The zero-order valence-electron chi connectivity index (χ0n) is 16.4. The number of halogens is 1. The number of carbonyl (C=O) groups excluding carboxylic acids is 2. The third-order valence-corrected chi connectivity index (χ3v) is 7.32. The van der Waals surface area contributed by atoms with Crippen LogP contribution in [0.4, 0.5) is 0 Å². The predicted molar refractivity (Wildman–Crippen MR) is 108 cm³/mol. The van der Waals surface area contributed by atoms with Gasteiger partial charge in [-0.1, -0.05) is 0 Å². The molecule has 4 saturated carbocycles. The second kappa shape index (κ2) is 7.01. The summed E-state index contributed by atoms with van der Waals surface area (Å²) in [6.45, 7) is 3.55. The van der Waals surface area contributed by atoms with Crippen molar-refractivity contribution in [3.05, 3.63) is 22.8 Å². The largest absolute Gasteiger partial charge is 0.462 e. The van der Waals surface area contributed by atoms with E-state index < -0.39 is 5.60 Å². The van der Waals surface area contributed by atoms with Gasteiger partial charge < -0.3 is 15.8 Å². The highest BCUT2D eigenvalue weighted by molar-refractivity contribution is 9.10. The van der Waals surface area contributed by atoms with E-state index in [1.165, 1.54) is 0 Å². The molecule has 6 nitrogen and oxygen atoms in total. The molecule has 2 amide bonds. The van der Waals surface area contributed by atoms with Crippen LogP contribution in [0.3, 0.4) is 0 Å². The fourth-order valence-corrected chi connectivity index (χ4v) is 6.30. The lowest BCUT2D eigenvalue weighted by Crippen LogP contribution is -2.62. The number of ether oxygens (including phenoxy) is 1. The summed E-state index contributed by atoms with van der Waals surface area (Å²) in [5.74, 6) is 1.64. The second-order valence-electron chi connectivity index (χ2n) is 9.54. The number of rotatable bonds is 6. The van der Waals surface area contributed by atoms with Crippen LogP contribution >= 0.6 is 15.9 Å². The predicted octanol–water partition coefficient (Wildman–Crippen LogP) is 3.19. The Morgan fingerprint density at radius 1 is 1.29 bits per heavy atom. The topological polar surface area (TPSA) is 94.3 Å². The first kappa shape index (κ1) is 19.7. The molecule has 28 heavy (non-hydrogen) atoms. The lowest BCUT2D eigenvalue weighted by Gasteiger charge is -2.60. The van der Waals surface area contributed by atoms with E-state index in [9.17, 15) is 9.59 Å². The minimum Gasteiger partial charge on any atom is -0.462 e. The third-order valence-electron chi connectivity index (χ3n) is 6.85. The minimum atomic E-state index is -1.01. The van der Waals surface area contributed by atoms with Crippen molar-refractivity contribution in [2.24, 2.45) is 28.9 Å². The van der Waals surface area contributed by atoms with Gasteiger partial charge in [-0.05, 0) is 91.1 Å². The van der Waals surface area contributed by atoms with Gasteiger partial charge in [0.25, 0.3) is 5.91 Å². The second-order valence-corrected chi connectivity index (χ2v) is 10.5. The summed E-state index contributed by atoms with van der Waals surface area (Å²) in [7, 11) is 0. The molecule has 4 bridgehead atoms. The lowest BCUT2D eigenvalue weighted by molar-refractivity contribution is -0.143. The quantitative estimate of drug-likeness (QED) is 0.696. The Labute approximate surface area is 174 Å². The van der Waals surface area contributed by atoms with Crippen LogP contribution in [0.5, 0.6) is 5.88 Å². The van der Waals surface area contributed by atoms with Crippen LogP contribution < -0.4 is 15.8 Å². The number of nitrogens with one attached hydrogen (secondary N) is 1. The van der Waals surface area contributed by atoms with Gasteiger partial charge in [-0.15, -0.1) is 0 Å². The Morgan fingerprint density at radius 2 is 1.96 bits per heavy atom. The molecular formula is C21H28BrN3O3. The number of nitrogens with two attached hydrogens (primary N) is 1. The Bertz CT molecular complexity index is 764. The fraction of sp³-hybridized carbons (Fsp3) is 0.667. The number of amides is 2. The van der Waals surface area contributed by atoms with Crippen LogP contribution in [-0.4, -0.2) is 28.4 Å². The van der Waals surface area contributed by atoms with Crippen LogP contribution in [-0.2, 0) is 9.59 Å². The van der Waals surface area contributed by atoms with Gasteiger partial charge in [0.2, 0.25) is 11.8 Å². The van der Waals surface area contributed by atoms with Crippen LogP contribution in [0.15, 0.2) is 22.8 Å². The van der Waals surface area contributed by atoms with Gasteiger partial charge in [-0.2, -0.15) is 0 Å². The minimum absolute atomic E-state index is 0.0664. The van der Waals surface area contributed by atoms with Gasteiger partial charge in [-0.25, -0.2) is 4.98 Å². The van der Waals surface area contributed by atoms with E-state index in [-0.39, 0.29) is 23.3 Å². The van der Waals surface area contributed by atoms with Crippen molar-refractivity contribution in [1.82, 2.24) is 10.3 Å². The lowest BCUT2D eigenvalue weighted by atomic mass is 9.47. The van der Waals surface area contributed by atoms with Crippen LogP contribution in [0.25, 0.3) is 0 Å². The van der Waals surface area contributed by atoms with E-state index in [2.05, 4.69) is 26.2 Å². The average Bonchev–Trinajstić information content (AvgIpc) is 2.58. The maximum atomic E-state index is 13.0. The highest BCUT2D eigenvalue weighted by Crippen LogP contribution is 2.61. The Hall–Kier alpha value is -1.63. The molecule has 4 aliphatic rings. The van der Waals surface area contributed by atoms with E-state index >= 15 is 0 Å². The van der Waals surface area contributed by atoms with Gasteiger partial charge in [0, 0.05) is 29.2 Å². The number of pyridine rings is 1. The smallest absolute Gasteiger partial charge is 0.263 e. The normalized spacial score (nSPS) is 33.5. The monoisotopic (exact) mass is 449 g/mol. The van der Waals surface area contributed by atoms with Crippen molar-refractivity contribution < 1.29 is 14.3 Å². The van der Waals surface area contributed by atoms with Crippen molar-refractivity contribution in [1.29, 1.82) is 0 Å². The molecular weight excluding hydrogens is 422 g/mol. The van der Waals surface area contributed by atoms with E-state index in [4.69, 9.17) is 10.5 Å². The molecule has 1 aromatic heterocycles. The van der Waals surface area contributed by atoms with Gasteiger partial charge in [-0.3, -0.25) is 9.59 Å². The van der Waals surface area contributed by atoms with Crippen LogP contribution in [0.1, 0.15) is 52.4 Å². The number of nitrogens with zero attached hydrogens (tertiary/aromatic N) is 1. The number of hydrogen-bond acceptors (Lipinski definition) is 4. The molecule has 4 aliphatic carbocycles. The molecule has 5 atom stereocenters. The summed E-state index contributed by atoms with van der Waals surface area (Å²) in [6, 6.07) is 3.74. The first-order valence-corrected chi connectivity index (χ1v) is 10.8. The molecule has 1 aromatic rings. The molecule has 0 radical (unpaired) electrons. The number of carbonyl (C=O) groups is 2. The van der Waals surface area contributed by atoms with Gasteiger partial charge in [0.15, 0.2) is 5.60 Å². The van der Waals surface area contributed by atoms with Gasteiger partial charge >= 0.3 is 0 Å². The molecule has 0 saturated heterocycles. The first-order valence-electron chi connectivity index (χ1n) is 10.1. The van der Waals surface area contributed by atoms with E-state index in [1.54, 1.807) is 26.1 Å². The van der Waals surface area contributed by atoms with Crippen molar-refractivity contribution in [3.8, 4) is 5.88 Å². The van der Waals surface area contributed by atoms with E-state index in [0.29, 0.717) is 30.1 Å². The number of primary amides is 1. The molecule has 0 spiro atoms. The van der Waals surface area contributed by atoms with Crippen molar-refractivity contribution in [2.75, 3.05) is 0 Å². The van der Waals surface area contributed by atoms with Crippen molar-refractivity contribution in [3.63, 3.8) is 0 Å². The van der Waals surface area contributed by atoms with Crippen LogP contribution in [0, 0.1) is 23.2 Å². The highest BCUT2D eigenvalue weighted by atomic mass is 79.9. The standard InChI is InChI=1S/C21H28BrN3O3/c1-20(2,28-17-4-3-15(22)11-24-17)19(27)25-18-13-5-12-6-14(18)9-21(7-12,8-13)10-16(23)26/h3-4,11-14,18H,5-10H2,1-2H3,(H2,23,26)(H,25,27)/t12?,13-,14?,18?,21?/m0/s1. The van der Waals surface area contributed by atoms with Crippen molar-refractivity contribution >= 4 is 27.7 Å². The summed E-state index contributed by atoms with van der Waals surface area (Å²) in [4.78, 5) is 28.8.